The lowest BCUT2D eigenvalue weighted by molar-refractivity contribution is 0.128. The van der Waals surface area contributed by atoms with E-state index in [1.165, 1.54) is 11.4 Å². The van der Waals surface area contributed by atoms with Crippen molar-refractivity contribution < 1.29 is 9.05 Å². The Kier molecular flexibility index (Phi) is 3.20. The Labute approximate surface area is 70.6 Å². The summed E-state index contributed by atoms with van der Waals surface area (Å²) in [5, 5.41) is 0. The van der Waals surface area contributed by atoms with Crippen molar-refractivity contribution in [3.05, 3.63) is 0 Å². The largest absolute Gasteiger partial charge is 0.322 e. The maximum absolute atomic E-state index is 5.49. The highest BCUT2D eigenvalue weighted by Crippen LogP contribution is 2.62. The predicted molar refractivity (Wildman–Crippen MR) is 48.9 cm³/mol. The van der Waals surface area contributed by atoms with E-state index in [2.05, 4.69) is 0 Å². The molecule has 0 aromatic heterocycles. The molecule has 0 bridgehead atoms. The van der Waals surface area contributed by atoms with E-state index in [1.807, 2.05) is 13.2 Å². The summed E-state index contributed by atoms with van der Waals surface area (Å²) < 4.78 is 10.8. The van der Waals surface area contributed by atoms with Crippen LogP contribution in [0.1, 0.15) is 13.3 Å². The fourth-order valence-corrected chi connectivity index (χ4v) is 3.76. The van der Waals surface area contributed by atoms with E-state index >= 15 is 0 Å². The van der Waals surface area contributed by atoms with E-state index in [4.69, 9.17) is 20.9 Å². The molecule has 0 aromatic rings. The van der Waals surface area contributed by atoms with E-state index in [1.54, 1.807) is 0 Å². The summed E-state index contributed by atoms with van der Waals surface area (Å²) in [6.45, 7) is 2.80. The van der Waals surface area contributed by atoms with Gasteiger partial charge < -0.3 is 9.05 Å². The highest BCUT2D eigenvalue weighted by atomic mass is 32.9. The summed E-state index contributed by atoms with van der Waals surface area (Å²) in [5.41, 5.74) is -1.90. The standard InChI is InChI=1S/C5H11O2PS2/c1-5-3-4-6-8(9,7-5)10-2/h5H,3-4H2,1-2H3/t5-,8+/m0/s1. The SMILES string of the molecule is CS[P@]1(=S)OCC[C@H](C)O1. The van der Waals surface area contributed by atoms with Gasteiger partial charge in [0.2, 0.25) is 5.69 Å². The van der Waals surface area contributed by atoms with Crippen LogP contribution < -0.4 is 0 Å². The molecule has 60 valence electrons. The fraction of sp³-hybridized carbons (Fsp3) is 1.00. The monoisotopic (exact) mass is 198 g/mol. The van der Waals surface area contributed by atoms with Crippen LogP contribution in [-0.2, 0) is 20.9 Å². The van der Waals surface area contributed by atoms with E-state index < -0.39 is 5.69 Å². The van der Waals surface area contributed by atoms with Crippen molar-refractivity contribution in [2.24, 2.45) is 0 Å². The van der Waals surface area contributed by atoms with E-state index in [9.17, 15) is 0 Å². The van der Waals surface area contributed by atoms with Gasteiger partial charge in [0, 0.05) is 0 Å². The maximum Gasteiger partial charge on any atom is 0.247 e. The van der Waals surface area contributed by atoms with Crippen LogP contribution in [0.25, 0.3) is 0 Å². The highest BCUT2D eigenvalue weighted by molar-refractivity contribution is 8.67. The van der Waals surface area contributed by atoms with Gasteiger partial charge in [0.1, 0.15) is 0 Å². The molecule has 1 aliphatic rings. The van der Waals surface area contributed by atoms with Gasteiger partial charge in [0.15, 0.2) is 0 Å². The molecule has 2 atom stereocenters. The molecule has 0 aliphatic carbocycles. The molecular formula is C5H11O2PS2. The van der Waals surface area contributed by atoms with Crippen LogP contribution in [0.4, 0.5) is 0 Å². The minimum absolute atomic E-state index is 0.284. The van der Waals surface area contributed by atoms with Crippen molar-refractivity contribution in [1.29, 1.82) is 0 Å². The molecule has 1 aliphatic heterocycles. The maximum atomic E-state index is 5.49. The second-order valence-corrected chi connectivity index (χ2v) is 8.57. The number of rotatable bonds is 1. The van der Waals surface area contributed by atoms with Crippen molar-refractivity contribution in [3.8, 4) is 0 Å². The van der Waals surface area contributed by atoms with Crippen molar-refractivity contribution in [2.75, 3.05) is 12.9 Å². The van der Waals surface area contributed by atoms with Gasteiger partial charge in [-0.3, -0.25) is 0 Å². The third-order valence-electron chi connectivity index (χ3n) is 1.31. The van der Waals surface area contributed by atoms with Crippen molar-refractivity contribution in [2.45, 2.75) is 19.4 Å². The molecule has 0 aromatic carbocycles. The molecule has 2 nitrogen and oxygen atoms in total. The molecule has 0 spiro atoms. The molecule has 0 radical (unpaired) electrons. The molecule has 1 heterocycles. The van der Waals surface area contributed by atoms with Crippen molar-refractivity contribution in [3.63, 3.8) is 0 Å². The lowest BCUT2D eigenvalue weighted by atomic mass is 10.3. The minimum Gasteiger partial charge on any atom is -0.322 e. The first-order valence-electron chi connectivity index (χ1n) is 3.15. The van der Waals surface area contributed by atoms with Gasteiger partial charge >= 0.3 is 0 Å². The molecule has 1 fully saturated rings. The lowest BCUT2D eigenvalue weighted by Gasteiger charge is -2.28. The molecule has 0 unspecified atom stereocenters. The summed E-state index contributed by atoms with van der Waals surface area (Å²) >= 11 is 6.69. The zero-order valence-corrected chi connectivity index (χ0v) is 8.60. The Balaban J connectivity index is 2.54. The van der Waals surface area contributed by atoms with Crippen molar-refractivity contribution >= 4 is 28.9 Å². The smallest absolute Gasteiger partial charge is 0.247 e. The van der Waals surface area contributed by atoms with Crippen LogP contribution in [0.2, 0.25) is 0 Å². The first kappa shape index (κ1) is 9.01. The molecule has 10 heavy (non-hydrogen) atoms. The Bertz CT molecular complexity index is 162. The topological polar surface area (TPSA) is 18.5 Å². The van der Waals surface area contributed by atoms with Gasteiger partial charge in [-0.1, -0.05) is 11.4 Å². The third-order valence-corrected chi connectivity index (χ3v) is 6.70. The van der Waals surface area contributed by atoms with Gasteiger partial charge in [0.25, 0.3) is 0 Å². The summed E-state index contributed by atoms with van der Waals surface area (Å²) in [7, 11) is 0. The second kappa shape index (κ2) is 3.55. The molecule has 0 amide bonds. The fourth-order valence-electron chi connectivity index (χ4n) is 0.730. The average Bonchev–Trinajstić information content (AvgIpc) is 1.88. The summed E-state index contributed by atoms with van der Waals surface area (Å²) in [6.07, 6.45) is 3.20. The Morgan fingerprint density at radius 1 is 1.70 bits per heavy atom. The van der Waals surface area contributed by atoms with Crippen LogP contribution in [0.5, 0.6) is 0 Å². The van der Waals surface area contributed by atoms with E-state index in [0.717, 1.165) is 13.0 Å². The third kappa shape index (κ3) is 2.21. The Hall–Kier alpha value is 0.920. The van der Waals surface area contributed by atoms with Gasteiger partial charge in [0.05, 0.1) is 12.7 Å². The normalized spacial score (nSPS) is 41.6. The predicted octanol–water partition coefficient (Wildman–Crippen LogP) is 2.40. The van der Waals surface area contributed by atoms with Crippen LogP contribution in [-0.4, -0.2) is 19.0 Å². The summed E-state index contributed by atoms with van der Waals surface area (Å²) in [5.74, 6) is 0. The van der Waals surface area contributed by atoms with Gasteiger partial charge in [-0.15, -0.1) is 0 Å². The molecule has 1 rings (SSSR count). The zero-order valence-electron chi connectivity index (χ0n) is 6.07. The van der Waals surface area contributed by atoms with Crippen LogP contribution >= 0.6 is 17.1 Å². The molecule has 5 heteroatoms. The molecule has 0 saturated carbocycles. The first-order chi connectivity index (χ1) is 4.66. The van der Waals surface area contributed by atoms with Crippen molar-refractivity contribution in [1.82, 2.24) is 0 Å². The lowest BCUT2D eigenvalue weighted by Crippen LogP contribution is -2.15. The van der Waals surface area contributed by atoms with Crippen LogP contribution in [0, 0.1) is 0 Å². The number of hydrogen-bond acceptors (Lipinski definition) is 4. The van der Waals surface area contributed by atoms with Gasteiger partial charge in [-0.05, 0) is 31.4 Å². The van der Waals surface area contributed by atoms with E-state index in [-0.39, 0.29) is 6.10 Å². The Morgan fingerprint density at radius 2 is 2.40 bits per heavy atom. The second-order valence-electron chi connectivity index (χ2n) is 2.17. The van der Waals surface area contributed by atoms with E-state index in [0.29, 0.717) is 0 Å². The minimum atomic E-state index is -1.90. The summed E-state index contributed by atoms with van der Waals surface area (Å²) in [4.78, 5) is 0. The van der Waals surface area contributed by atoms with Crippen LogP contribution in [0.3, 0.4) is 0 Å². The Morgan fingerprint density at radius 3 is 2.80 bits per heavy atom. The highest BCUT2D eigenvalue weighted by Gasteiger charge is 2.25. The average molecular weight is 198 g/mol. The quantitative estimate of drug-likeness (QED) is 0.602. The first-order valence-corrected chi connectivity index (χ1v) is 7.62. The molecule has 0 N–H and O–H groups in total. The molecular weight excluding hydrogens is 187 g/mol. The van der Waals surface area contributed by atoms with Crippen LogP contribution in [0.15, 0.2) is 0 Å². The zero-order chi connectivity index (χ0) is 7.61. The van der Waals surface area contributed by atoms with Gasteiger partial charge in [-0.2, -0.15) is 0 Å². The number of hydrogen-bond donors (Lipinski definition) is 0. The molecule has 1 saturated heterocycles. The van der Waals surface area contributed by atoms with Gasteiger partial charge in [-0.25, -0.2) is 0 Å². The summed E-state index contributed by atoms with van der Waals surface area (Å²) in [6, 6.07) is 0.